The number of benzene rings is 1. The van der Waals surface area contributed by atoms with Gasteiger partial charge in [-0.3, -0.25) is 4.79 Å². The van der Waals surface area contributed by atoms with E-state index in [4.69, 9.17) is 5.73 Å². The van der Waals surface area contributed by atoms with E-state index in [-0.39, 0.29) is 24.4 Å². The quantitative estimate of drug-likeness (QED) is 0.749. The Morgan fingerprint density at radius 1 is 1.26 bits per heavy atom. The molecule has 3 nitrogen and oxygen atoms in total. The first kappa shape index (κ1) is 17.8. The zero-order valence-corrected chi connectivity index (χ0v) is 12.6. The topological polar surface area (TPSA) is 55.1 Å². The van der Waals surface area contributed by atoms with Crippen LogP contribution in [0.2, 0.25) is 0 Å². The number of nitrogens with two attached hydrogens (primary N) is 1. The lowest BCUT2D eigenvalue weighted by atomic mass is 10.0. The van der Waals surface area contributed by atoms with Crippen molar-refractivity contribution in [1.29, 1.82) is 0 Å². The molecule has 0 heterocycles. The first-order valence-corrected chi connectivity index (χ1v) is 6.83. The molecule has 0 bridgehead atoms. The SMILES string of the molecule is CCCCC(CCC)NC(=O)c1cccc(N)c1.Cl. The Morgan fingerprint density at radius 3 is 2.58 bits per heavy atom. The van der Waals surface area contributed by atoms with Crippen LogP contribution in [0.15, 0.2) is 24.3 Å². The van der Waals surface area contributed by atoms with Gasteiger partial charge in [0.25, 0.3) is 5.91 Å². The van der Waals surface area contributed by atoms with Crippen LogP contribution in [0.1, 0.15) is 56.3 Å². The van der Waals surface area contributed by atoms with Crippen LogP contribution in [-0.2, 0) is 0 Å². The lowest BCUT2D eigenvalue weighted by molar-refractivity contribution is 0.0932. The van der Waals surface area contributed by atoms with Crippen LogP contribution < -0.4 is 11.1 Å². The molecule has 1 amide bonds. The number of anilines is 1. The third kappa shape index (κ3) is 6.48. The van der Waals surface area contributed by atoms with Crippen molar-refractivity contribution in [3.63, 3.8) is 0 Å². The number of amides is 1. The summed E-state index contributed by atoms with van der Waals surface area (Å²) >= 11 is 0. The van der Waals surface area contributed by atoms with E-state index in [2.05, 4.69) is 19.2 Å². The first-order chi connectivity index (χ1) is 8.67. The molecular weight excluding hydrogens is 260 g/mol. The van der Waals surface area contributed by atoms with Gasteiger partial charge in [0.05, 0.1) is 0 Å². The van der Waals surface area contributed by atoms with E-state index in [0.29, 0.717) is 11.3 Å². The summed E-state index contributed by atoms with van der Waals surface area (Å²) < 4.78 is 0. The number of hydrogen-bond donors (Lipinski definition) is 2. The molecule has 4 heteroatoms. The second kappa shape index (κ2) is 9.68. The molecule has 0 spiro atoms. The summed E-state index contributed by atoms with van der Waals surface area (Å²) in [5.74, 6) is -0.0168. The van der Waals surface area contributed by atoms with Crippen molar-refractivity contribution >= 4 is 24.0 Å². The fourth-order valence-electron chi connectivity index (χ4n) is 2.04. The van der Waals surface area contributed by atoms with E-state index in [0.717, 1.165) is 32.1 Å². The largest absolute Gasteiger partial charge is 0.399 e. The molecule has 0 aliphatic rings. The van der Waals surface area contributed by atoms with E-state index in [9.17, 15) is 4.79 Å². The number of halogens is 1. The highest BCUT2D eigenvalue weighted by Gasteiger charge is 2.12. The van der Waals surface area contributed by atoms with Crippen LogP contribution in [0.5, 0.6) is 0 Å². The Balaban J connectivity index is 0.00000324. The molecule has 1 aromatic carbocycles. The zero-order valence-electron chi connectivity index (χ0n) is 11.8. The van der Waals surface area contributed by atoms with Crippen LogP contribution in [0, 0.1) is 0 Å². The molecule has 0 saturated heterocycles. The monoisotopic (exact) mass is 284 g/mol. The molecule has 1 unspecified atom stereocenters. The molecule has 0 saturated carbocycles. The zero-order chi connectivity index (χ0) is 13.4. The third-order valence-corrected chi connectivity index (χ3v) is 3.03. The Hall–Kier alpha value is -1.22. The fraction of sp³-hybridized carbons (Fsp3) is 0.533. The van der Waals surface area contributed by atoms with E-state index < -0.39 is 0 Å². The maximum absolute atomic E-state index is 12.1. The minimum Gasteiger partial charge on any atom is -0.399 e. The van der Waals surface area contributed by atoms with Gasteiger partial charge in [0, 0.05) is 17.3 Å². The van der Waals surface area contributed by atoms with Crippen LogP contribution >= 0.6 is 12.4 Å². The standard InChI is InChI=1S/C15H24N2O.ClH/c1-3-5-10-14(7-4-2)17-15(18)12-8-6-9-13(16)11-12;/h6,8-9,11,14H,3-5,7,10,16H2,1-2H3,(H,17,18);1H. The Kier molecular flexibility index (Phi) is 9.06. The fourth-order valence-corrected chi connectivity index (χ4v) is 2.04. The average Bonchev–Trinajstić information content (AvgIpc) is 2.36. The Bertz CT molecular complexity index is 382. The average molecular weight is 285 g/mol. The smallest absolute Gasteiger partial charge is 0.251 e. The van der Waals surface area contributed by atoms with Crippen molar-refractivity contribution in [2.24, 2.45) is 0 Å². The second-order valence-electron chi connectivity index (χ2n) is 4.73. The summed E-state index contributed by atoms with van der Waals surface area (Å²) in [6.07, 6.45) is 5.49. The number of carbonyl (C=O) groups excluding carboxylic acids is 1. The number of carbonyl (C=O) groups is 1. The van der Waals surface area contributed by atoms with Crippen molar-refractivity contribution in [2.45, 2.75) is 52.0 Å². The van der Waals surface area contributed by atoms with Gasteiger partial charge in [-0.25, -0.2) is 0 Å². The molecule has 108 valence electrons. The Morgan fingerprint density at radius 2 is 2.00 bits per heavy atom. The molecular formula is C15H25ClN2O. The number of nitrogens with one attached hydrogen (secondary N) is 1. The summed E-state index contributed by atoms with van der Waals surface area (Å²) in [5, 5.41) is 3.10. The van der Waals surface area contributed by atoms with E-state index in [1.807, 2.05) is 6.07 Å². The highest BCUT2D eigenvalue weighted by molar-refractivity contribution is 5.95. The molecule has 0 aliphatic heterocycles. The molecule has 0 aromatic heterocycles. The molecule has 1 aromatic rings. The van der Waals surface area contributed by atoms with E-state index in [1.165, 1.54) is 0 Å². The van der Waals surface area contributed by atoms with Crippen molar-refractivity contribution in [2.75, 3.05) is 5.73 Å². The highest BCUT2D eigenvalue weighted by atomic mass is 35.5. The predicted molar refractivity (Wildman–Crippen MR) is 83.8 cm³/mol. The van der Waals surface area contributed by atoms with Gasteiger partial charge < -0.3 is 11.1 Å². The van der Waals surface area contributed by atoms with Crippen molar-refractivity contribution < 1.29 is 4.79 Å². The molecule has 19 heavy (non-hydrogen) atoms. The van der Waals surface area contributed by atoms with Gasteiger partial charge in [-0.1, -0.05) is 39.2 Å². The van der Waals surface area contributed by atoms with Gasteiger partial charge in [0.1, 0.15) is 0 Å². The van der Waals surface area contributed by atoms with Crippen LogP contribution in [0.25, 0.3) is 0 Å². The van der Waals surface area contributed by atoms with E-state index >= 15 is 0 Å². The van der Waals surface area contributed by atoms with Gasteiger partial charge in [0.15, 0.2) is 0 Å². The number of unbranched alkanes of at least 4 members (excludes halogenated alkanes) is 1. The van der Waals surface area contributed by atoms with Crippen LogP contribution in [0.3, 0.4) is 0 Å². The second-order valence-corrected chi connectivity index (χ2v) is 4.73. The third-order valence-electron chi connectivity index (χ3n) is 3.03. The summed E-state index contributed by atoms with van der Waals surface area (Å²) in [5.41, 5.74) is 6.96. The van der Waals surface area contributed by atoms with Crippen molar-refractivity contribution in [3.05, 3.63) is 29.8 Å². The maximum Gasteiger partial charge on any atom is 0.251 e. The predicted octanol–water partition coefficient (Wildman–Crippen LogP) is 3.78. The van der Waals surface area contributed by atoms with Gasteiger partial charge >= 0.3 is 0 Å². The first-order valence-electron chi connectivity index (χ1n) is 6.83. The number of hydrogen-bond acceptors (Lipinski definition) is 2. The van der Waals surface area contributed by atoms with Crippen LogP contribution in [0.4, 0.5) is 5.69 Å². The van der Waals surface area contributed by atoms with Gasteiger partial charge in [-0.15, -0.1) is 12.4 Å². The summed E-state index contributed by atoms with van der Waals surface area (Å²) in [4.78, 5) is 12.1. The maximum atomic E-state index is 12.1. The van der Waals surface area contributed by atoms with Gasteiger partial charge in [-0.05, 0) is 31.0 Å². The minimum atomic E-state index is -0.0168. The van der Waals surface area contributed by atoms with E-state index in [1.54, 1.807) is 18.2 Å². The normalized spacial score (nSPS) is 11.5. The van der Waals surface area contributed by atoms with Crippen molar-refractivity contribution in [1.82, 2.24) is 5.32 Å². The molecule has 0 radical (unpaired) electrons. The lowest BCUT2D eigenvalue weighted by Crippen LogP contribution is -2.34. The minimum absolute atomic E-state index is 0. The molecule has 3 N–H and O–H groups in total. The molecule has 1 atom stereocenters. The molecule has 1 rings (SSSR count). The summed E-state index contributed by atoms with van der Waals surface area (Å²) in [6, 6.07) is 7.40. The van der Waals surface area contributed by atoms with Gasteiger partial charge in [-0.2, -0.15) is 0 Å². The lowest BCUT2D eigenvalue weighted by Gasteiger charge is -2.18. The summed E-state index contributed by atoms with van der Waals surface area (Å²) in [7, 11) is 0. The van der Waals surface area contributed by atoms with Crippen molar-refractivity contribution in [3.8, 4) is 0 Å². The molecule has 0 fully saturated rings. The highest BCUT2D eigenvalue weighted by Crippen LogP contribution is 2.10. The van der Waals surface area contributed by atoms with Crippen LogP contribution in [-0.4, -0.2) is 11.9 Å². The number of nitrogen functional groups attached to an aromatic ring is 1. The Labute approximate surface area is 122 Å². The molecule has 0 aliphatic carbocycles. The van der Waals surface area contributed by atoms with Gasteiger partial charge in [0.2, 0.25) is 0 Å². The number of rotatable bonds is 7. The summed E-state index contributed by atoms with van der Waals surface area (Å²) in [6.45, 7) is 4.31.